The third kappa shape index (κ3) is 5.16. The number of ether oxygens (including phenoxy) is 1. The lowest BCUT2D eigenvalue weighted by Gasteiger charge is -2.19. The van der Waals surface area contributed by atoms with Crippen LogP contribution in [0.5, 0.6) is 0 Å². The van der Waals surface area contributed by atoms with Crippen LogP contribution in [0.25, 0.3) is 0 Å². The maximum atomic E-state index is 11.9. The highest BCUT2D eigenvalue weighted by Gasteiger charge is 2.20. The average Bonchev–Trinajstić information content (AvgIpc) is 2.28. The van der Waals surface area contributed by atoms with E-state index in [1.165, 1.54) is 18.2 Å². The molecule has 1 amide bonds. The summed E-state index contributed by atoms with van der Waals surface area (Å²) in [6.07, 6.45) is -0.916. The van der Waals surface area contributed by atoms with Crippen LogP contribution in [-0.4, -0.2) is 20.1 Å². The van der Waals surface area contributed by atoms with Gasteiger partial charge < -0.3 is 4.74 Å². The van der Waals surface area contributed by atoms with Crippen molar-refractivity contribution in [3.8, 4) is 0 Å². The molecule has 0 fully saturated rings. The third-order valence-corrected chi connectivity index (χ3v) is 3.87. The summed E-state index contributed by atoms with van der Waals surface area (Å²) < 4.78 is 28.7. The van der Waals surface area contributed by atoms with Crippen LogP contribution >= 0.6 is 23.2 Å². The largest absolute Gasteiger partial charge is 0.443 e. The molecule has 6 nitrogen and oxygen atoms in total. The fraction of sp³-hybridized carbons (Fsp3) is 0.364. The number of nitrogens with one attached hydrogen (secondary N) is 2. The molecule has 0 aromatic heterocycles. The summed E-state index contributed by atoms with van der Waals surface area (Å²) in [7, 11) is -3.96. The fourth-order valence-electron chi connectivity index (χ4n) is 1.12. The maximum absolute atomic E-state index is 11.9. The molecule has 0 unspecified atom stereocenters. The summed E-state index contributed by atoms with van der Waals surface area (Å²) in [5, 5.41) is 0.317. The topological polar surface area (TPSA) is 84.5 Å². The van der Waals surface area contributed by atoms with Crippen molar-refractivity contribution in [2.45, 2.75) is 31.3 Å². The molecular formula is C11H14Cl2N2O4S. The Morgan fingerprint density at radius 1 is 1.20 bits per heavy atom. The number of halogens is 2. The first kappa shape index (κ1) is 17.0. The van der Waals surface area contributed by atoms with Gasteiger partial charge in [-0.3, -0.25) is 0 Å². The summed E-state index contributed by atoms with van der Waals surface area (Å²) >= 11 is 11.4. The Hall–Kier alpha value is -1.02. The zero-order chi connectivity index (χ0) is 15.6. The van der Waals surface area contributed by atoms with Crippen LogP contribution in [0.15, 0.2) is 23.1 Å². The molecule has 0 saturated heterocycles. The first-order valence-electron chi connectivity index (χ1n) is 5.47. The molecule has 0 radical (unpaired) electrons. The zero-order valence-electron chi connectivity index (χ0n) is 11.0. The van der Waals surface area contributed by atoms with Gasteiger partial charge in [0.1, 0.15) is 5.60 Å². The van der Waals surface area contributed by atoms with E-state index in [9.17, 15) is 13.2 Å². The molecule has 0 atom stereocenters. The molecule has 0 aliphatic rings. The van der Waals surface area contributed by atoms with E-state index in [2.05, 4.69) is 0 Å². The second-order valence-electron chi connectivity index (χ2n) is 4.81. The van der Waals surface area contributed by atoms with Crippen LogP contribution < -0.4 is 10.3 Å². The van der Waals surface area contributed by atoms with Crippen molar-refractivity contribution in [1.29, 1.82) is 0 Å². The molecule has 20 heavy (non-hydrogen) atoms. The van der Waals surface area contributed by atoms with Crippen molar-refractivity contribution in [2.75, 3.05) is 0 Å². The van der Waals surface area contributed by atoms with Gasteiger partial charge in [-0.2, -0.15) is 0 Å². The lowest BCUT2D eigenvalue weighted by Crippen LogP contribution is -2.44. The predicted octanol–water partition coefficient (Wildman–Crippen LogP) is 2.71. The quantitative estimate of drug-likeness (QED) is 0.828. The molecule has 1 aromatic rings. The highest BCUT2D eigenvalue weighted by atomic mass is 35.5. The highest BCUT2D eigenvalue weighted by molar-refractivity contribution is 7.89. The molecule has 0 bridgehead atoms. The molecule has 1 rings (SSSR count). The molecular weight excluding hydrogens is 327 g/mol. The Bertz CT molecular complexity index is 611. The van der Waals surface area contributed by atoms with E-state index >= 15 is 0 Å². The van der Waals surface area contributed by atoms with Gasteiger partial charge in [-0.15, -0.1) is 4.83 Å². The predicted molar refractivity (Wildman–Crippen MR) is 76.2 cm³/mol. The average molecular weight is 341 g/mol. The summed E-state index contributed by atoms with van der Waals surface area (Å²) in [5.41, 5.74) is 1.20. The second kappa shape index (κ2) is 6.17. The maximum Gasteiger partial charge on any atom is 0.423 e. The van der Waals surface area contributed by atoms with Crippen molar-refractivity contribution < 1.29 is 17.9 Å². The van der Waals surface area contributed by atoms with Gasteiger partial charge >= 0.3 is 6.09 Å². The number of rotatable bonds is 3. The van der Waals surface area contributed by atoms with E-state index in [0.29, 0.717) is 0 Å². The molecule has 9 heteroatoms. The van der Waals surface area contributed by atoms with Gasteiger partial charge in [-0.1, -0.05) is 23.2 Å². The summed E-state index contributed by atoms with van der Waals surface area (Å²) in [4.78, 5) is 13.1. The molecule has 0 spiro atoms. The van der Waals surface area contributed by atoms with Crippen LogP contribution in [0.1, 0.15) is 20.8 Å². The summed E-state index contributed by atoms with van der Waals surface area (Å²) in [6.45, 7) is 4.96. The number of benzene rings is 1. The van der Waals surface area contributed by atoms with Crippen LogP contribution in [0, 0.1) is 0 Å². The van der Waals surface area contributed by atoms with Crippen LogP contribution in [0.3, 0.4) is 0 Å². The standard InChI is InChI=1S/C11H14Cl2N2O4S/c1-11(2,3)19-10(16)14-15-20(17,18)7-4-5-8(12)9(13)6-7/h4-6,15H,1-3H3,(H,14,16). The van der Waals surface area contributed by atoms with Crippen LogP contribution in [-0.2, 0) is 14.8 Å². The van der Waals surface area contributed by atoms with Crippen molar-refractivity contribution in [1.82, 2.24) is 10.3 Å². The van der Waals surface area contributed by atoms with Crippen molar-refractivity contribution in [3.63, 3.8) is 0 Å². The molecule has 0 aliphatic carbocycles. The second-order valence-corrected chi connectivity index (χ2v) is 7.31. The Morgan fingerprint density at radius 3 is 2.30 bits per heavy atom. The number of hydrogen-bond acceptors (Lipinski definition) is 4. The lowest BCUT2D eigenvalue weighted by molar-refractivity contribution is 0.0515. The van der Waals surface area contributed by atoms with Gasteiger partial charge in [0, 0.05) is 0 Å². The van der Waals surface area contributed by atoms with Gasteiger partial charge in [0.2, 0.25) is 0 Å². The van der Waals surface area contributed by atoms with Gasteiger partial charge in [0.15, 0.2) is 0 Å². The molecule has 0 aliphatic heterocycles. The summed E-state index contributed by atoms with van der Waals surface area (Å²) in [5.74, 6) is 0. The van der Waals surface area contributed by atoms with E-state index in [0.717, 1.165) is 0 Å². The van der Waals surface area contributed by atoms with Crippen molar-refractivity contribution in [3.05, 3.63) is 28.2 Å². The Kier molecular flexibility index (Phi) is 5.26. The van der Waals surface area contributed by atoms with Crippen molar-refractivity contribution in [2.24, 2.45) is 0 Å². The van der Waals surface area contributed by atoms with Gasteiger partial charge in [-0.05, 0) is 39.0 Å². The smallest absolute Gasteiger partial charge is 0.423 e. The minimum Gasteiger partial charge on any atom is -0.443 e. The lowest BCUT2D eigenvalue weighted by atomic mass is 10.2. The summed E-state index contributed by atoms with van der Waals surface area (Å²) in [6, 6.07) is 3.77. The zero-order valence-corrected chi connectivity index (χ0v) is 13.4. The Labute approximate surface area is 127 Å². The number of hydrogen-bond donors (Lipinski definition) is 2. The molecule has 0 saturated carbocycles. The van der Waals surface area contributed by atoms with E-state index in [-0.39, 0.29) is 14.9 Å². The Balaban J connectivity index is 2.76. The van der Waals surface area contributed by atoms with Crippen LogP contribution in [0.4, 0.5) is 4.79 Å². The fourth-order valence-corrected chi connectivity index (χ4v) is 2.33. The molecule has 2 N–H and O–H groups in total. The number of sulfonamides is 1. The van der Waals surface area contributed by atoms with Gasteiger partial charge in [0.25, 0.3) is 10.0 Å². The van der Waals surface area contributed by atoms with Crippen molar-refractivity contribution >= 4 is 39.3 Å². The van der Waals surface area contributed by atoms with E-state index in [1.807, 2.05) is 10.3 Å². The normalized spacial score (nSPS) is 12.1. The number of amides is 1. The molecule has 1 aromatic carbocycles. The SMILES string of the molecule is CC(C)(C)OC(=O)NNS(=O)(=O)c1ccc(Cl)c(Cl)c1. The monoisotopic (exact) mass is 340 g/mol. The number of carbonyl (C=O) groups excluding carboxylic acids is 1. The first-order valence-corrected chi connectivity index (χ1v) is 7.71. The third-order valence-electron chi connectivity index (χ3n) is 1.89. The molecule has 0 heterocycles. The number of carbonyl (C=O) groups is 1. The number of hydrazine groups is 1. The van der Waals surface area contributed by atoms with E-state index < -0.39 is 21.7 Å². The van der Waals surface area contributed by atoms with E-state index in [4.69, 9.17) is 27.9 Å². The molecule has 112 valence electrons. The Morgan fingerprint density at radius 2 is 1.80 bits per heavy atom. The first-order chi connectivity index (χ1) is 9.01. The minimum atomic E-state index is -3.96. The van der Waals surface area contributed by atoms with Gasteiger partial charge in [0.05, 0.1) is 14.9 Å². The van der Waals surface area contributed by atoms with Gasteiger partial charge in [-0.25, -0.2) is 18.6 Å². The van der Waals surface area contributed by atoms with Crippen LogP contribution in [0.2, 0.25) is 10.0 Å². The minimum absolute atomic E-state index is 0.0896. The van der Waals surface area contributed by atoms with E-state index in [1.54, 1.807) is 20.8 Å². The highest BCUT2D eigenvalue weighted by Crippen LogP contribution is 2.24.